The summed E-state index contributed by atoms with van der Waals surface area (Å²) >= 11 is 6.08. The van der Waals surface area contributed by atoms with E-state index in [9.17, 15) is 9.59 Å². The Bertz CT molecular complexity index is 924. The third-order valence-electron chi connectivity index (χ3n) is 5.28. The molecule has 0 spiro atoms. The quantitative estimate of drug-likeness (QED) is 0.702. The van der Waals surface area contributed by atoms with E-state index in [1.54, 1.807) is 23.1 Å². The molecule has 1 heterocycles. The maximum absolute atomic E-state index is 13.2. The highest BCUT2D eigenvalue weighted by atomic mass is 35.5. The molecule has 1 atom stereocenters. The van der Waals surface area contributed by atoms with Gasteiger partial charge >= 0.3 is 0 Å². The lowest BCUT2D eigenvalue weighted by Gasteiger charge is -2.25. The van der Waals surface area contributed by atoms with E-state index in [2.05, 4.69) is 5.32 Å². The molecule has 1 aliphatic rings. The van der Waals surface area contributed by atoms with Gasteiger partial charge in [-0.15, -0.1) is 0 Å². The number of methoxy groups -OCH3 is 3. The fourth-order valence-corrected chi connectivity index (χ4v) is 3.92. The summed E-state index contributed by atoms with van der Waals surface area (Å²) in [6.45, 7) is 1.10. The van der Waals surface area contributed by atoms with Crippen molar-refractivity contribution in [3.63, 3.8) is 0 Å². The van der Waals surface area contributed by atoms with Crippen molar-refractivity contribution in [2.45, 2.75) is 31.8 Å². The van der Waals surface area contributed by atoms with Crippen LogP contribution < -0.4 is 19.5 Å². The van der Waals surface area contributed by atoms with Crippen LogP contribution in [-0.4, -0.2) is 50.6 Å². The first kappa shape index (κ1) is 22.7. The zero-order chi connectivity index (χ0) is 22.4. The number of nitrogens with zero attached hydrogens (tertiary/aromatic N) is 1. The van der Waals surface area contributed by atoms with Crippen molar-refractivity contribution in [1.29, 1.82) is 0 Å². The standard InChI is InChI=1S/C23H27ClN2O5/c1-29-19-12-16(13-20(30-2)21(19)31-3)22(27)25-18-9-4-5-10-26(23(18)28)14-15-7-6-8-17(24)11-15/h6-8,11-13,18H,4-5,9-10,14H2,1-3H3,(H,25,27). The molecule has 2 aromatic rings. The van der Waals surface area contributed by atoms with Gasteiger partial charge in [-0.05, 0) is 49.1 Å². The number of amides is 2. The first-order valence-corrected chi connectivity index (χ1v) is 10.5. The average molecular weight is 447 g/mol. The van der Waals surface area contributed by atoms with Gasteiger partial charge in [0.05, 0.1) is 21.3 Å². The molecule has 0 radical (unpaired) electrons. The summed E-state index contributed by atoms with van der Waals surface area (Å²) in [6, 6.07) is 9.99. The summed E-state index contributed by atoms with van der Waals surface area (Å²) < 4.78 is 15.9. The predicted molar refractivity (Wildman–Crippen MR) is 118 cm³/mol. The van der Waals surface area contributed by atoms with Gasteiger partial charge in [-0.2, -0.15) is 0 Å². The van der Waals surface area contributed by atoms with Gasteiger partial charge in [-0.1, -0.05) is 23.7 Å². The molecular weight excluding hydrogens is 420 g/mol. The van der Waals surface area contributed by atoms with Crippen LogP contribution in [0.25, 0.3) is 0 Å². The number of nitrogens with one attached hydrogen (secondary N) is 1. The number of benzene rings is 2. The van der Waals surface area contributed by atoms with E-state index in [1.807, 2.05) is 18.2 Å². The van der Waals surface area contributed by atoms with E-state index in [1.165, 1.54) is 21.3 Å². The number of carbonyl (C=O) groups is 2. The molecule has 2 aromatic carbocycles. The Kier molecular flexibility index (Phi) is 7.63. The van der Waals surface area contributed by atoms with Crippen molar-refractivity contribution in [3.8, 4) is 17.2 Å². The highest BCUT2D eigenvalue weighted by molar-refractivity contribution is 6.30. The predicted octanol–water partition coefficient (Wildman–Crippen LogP) is 3.68. The van der Waals surface area contributed by atoms with Crippen molar-refractivity contribution in [2.24, 2.45) is 0 Å². The molecule has 0 aromatic heterocycles. The number of carbonyl (C=O) groups excluding carboxylic acids is 2. The molecule has 0 bridgehead atoms. The molecule has 1 saturated heterocycles. The first-order valence-electron chi connectivity index (χ1n) is 10.1. The summed E-state index contributed by atoms with van der Waals surface area (Å²) in [7, 11) is 4.47. The van der Waals surface area contributed by atoms with Crippen molar-refractivity contribution >= 4 is 23.4 Å². The molecule has 7 nitrogen and oxygen atoms in total. The third-order valence-corrected chi connectivity index (χ3v) is 5.51. The van der Waals surface area contributed by atoms with E-state index in [0.717, 1.165) is 18.4 Å². The van der Waals surface area contributed by atoms with Crippen molar-refractivity contribution in [2.75, 3.05) is 27.9 Å². The SMILES string of the molecule is COc1cc(C(=O)NC2CCCCN(Cc3cccc(Cl)c3)C2=O)cc(OC)c1OC. The Morgan fingerprint density at radius 2 is 1.81 bits per heavy atom. The van der Waals surface area contributed by atoms with Crippen LogP contribution in [0.1, 0.15) is 35.2 Å². The Balaban J connectivity index is 1.77. The molecule has 1 aliphatic heterocycles. The first-order chi connectivity index (χ1) is 15.0. The van der Waals surface area contributed by atoms with Gasteiger partial charge in [0.1, 0.15) is 6.04 Å². The molecular formula is C23H27ClN2O5. The second-order valence-electron chi connectivity index (χ2n) is 7.33. The smallest absolute Gasteiger partial charge is 0.252 e. The van der Waals surface area contributed by atoms with Gasteiger partial charge in [-0.3, -0.25) is 9.59 Å². The Hall–Kier alpha value is -2.93. The van der Waals surface area contributed by atoms with Crippen LogP contribution >= 0.6 is 11.6 Å². The molecule has 0 aliphatic carbocycles. The summed E-state index contributed by atoms with van der Waals surface area (Å²) in [5.74, 6) is 0.684. The van der Waals surface area contributed by atoms with E-state index in [-0.39, 0.29) is 11.8 Å². The molecule has 0 saturated carbocycles. The largest absolute Gasteiger partial charge is 0.493 e. The summed E-state index contributed by atoms with van der Waals surface area (Å²) in [4.78, 5) is 27.9. The third kappa shape index (κ3) is 5.41. The fraction of sp³-hybridized carbons (Fsp3) is 0.391. The van der Waals surface area contributed by atoms with Crippen LogP contribution in [-0.2, 0) is 11.3 Å². The number of hydrogen-bond acceptors (Lipinski definition) is 5. The van der Waals surface area contributed by atoms with E-state index in [0.29, 0.717) is 47.3 Å². The minimum absolute atomic E-state index is 0.0988. The fourth-order valence-electron chi connectivity index (χ4n) is 3.71. The lowest BCUT2D eigenvalue weighted by atomic mass is 10.1. The van der Waals surface area contributed by atoms with Crippen molar-refractivity contribution in [1.82, 2.24) is 10.2 Å². The summed E-state index contributed by atoms with van der Waals surface area (Å²) in [5.41, 5.74) is 1.28. The number of ether oxygens (including phenoxy) is 3. The van der Waals surface area contributed by atoms with Gasteiger partial charge in [0.15, 0.2) is 11.5 Å². The number of halogens is 1. The minimum atomic E-state index is -0.603. The Morgan fingerprint density at radius 3 is 2.42 bits per heavy atom. The number of hydrogen-bond donors (Lipinski definition) is 1. The number of likely N-dealkylation sites (tertiary alicyclic amines) is 1. The average Bonchev–Trinajstić information content (AvgIpc) is 2.94. The second kappa shape index (κ2) is 10.4. The monoisotopic (exact) mass is 446 g/mol. The van der Waals surface area contributed by atoms with Crippen LogP contribution in [0, 0.1) is 0 Å². The molecule has 1 N–H and O–H groups in total. The van der Waals surface area contributed by atoms with E-state index in [4.69, 9.17) is 25.8 Å². The molecule has 1 fully saturated rings. The molecule has 2 amide bonds. The van der Waals surface area contributed by atoms with Gasteiger partial charge in [0.2, 0.25) is 11.7 Å². The van der Waals surface area contributed by atoms with Gasteiger partial charge in [0, 0.05) is 23.7 Å². The Morgan fingerprint density at radius 1 is 1.10 bits per heavy atom. The Labute approximate surface area is 187 Å². The second-order valence-corrected chi connectivity index (χ2v) is 7.76. The van der Waals surface area contributed by atoms with E-state index < -0.39 is 6.04 Å². The van der Waals surface area contributed by atoms with Crippen LogP contribution in [0.2, 0.25) is 5.02 Å². The van der Waals surface area contributed by atoms with E-state index >= 15 is 0 Å². The maximum Gasteiger partial charge on any atom is 0.252 e. The van der Waals surface area contributed by atoms with Crippen LogP contribution in [0.15, 0.2) is 36.4 Å². The normalized spacial score (nSPS) is 16.5. The highest BCUT2D eigenvalue weighted by Gasteiger charge is 2.29. The summed E-state index contributed by atoms with van der Waals surface area (Å²) in [5, 5.41) is 3.52. The topological polar surface area (TPSA) is 77.1 Å². The van der Waals surface area contributed by atoms with Gasteiger partial charge in [0.25, 0.3) is 5.91 Å². The minimum Gasteiger partial charge on any atom is -0.493 e. The molecule has 166 valence electrons. The maximum atomic E-state index is 13.2. The molecule has 8 heteroatoms. The lowest BCUT2D eigenvalue weighted by molar-refractivity contribution is -0.133. The number of rotatable bonds is 7. The highest BCUT2D eigenvalue weighted by Crippen LogP contribution is 2.38. The molecule has 1 unspecified atom stereocenters. The van der Waals surface area contributed by atoms with Crippen molar-refractivity contribution < 1.29 is 23.8 Å². The summed E-state index contributed by atoms with van der Waals surface area (Å²) in [6.07, 6.45) is 2.31. The van der Waals surface area contributed by atoms with Crippen LogP contribution in [0.3, 0.4) is 0 Å². The van der Waals surface area contributed by atoms with Crippen molar-refractivity contribution in [3.05, 3.63) is 52.5 Å². The lowest BCUT2D eigenvalue weighted by Crippen LogP contribution is -2.47. The van der Waals surface area contributed by atoms with Crippen LogP contribution in [0.4, 0.5) is 0 Å². The van der Waals surface area contributed by atoms with Gasteiger partial charge in [-0.25, -0.2) is 0 Å². The zero-order valence-corrected chi connectivity index (χ0v) is 18.7. The molecule has 31 heavy (non-hydrogen) atoms. The molecule has 3 rings (SSSR count). The van der Waals surface area contributed by atoms with Crippen LogP contribution in [0.5, 0.6) is 17.2 Å². The zero-order valence-electron chi connectivity index (χ0n) is 17.9. The van der Waals surface area contributed by atoms with Gasteiger partial charge < -0.3 is 24.4 Å².